The first-order chi connectivity index (χ1) is 19.1. The molecular weight excluding hydrogens is 552 g/mol. The Morgan fingerprint density at radius 2 is 1.72 bits per heavy atom. The highest BCUT2D eigenvalue weighted by Gasteiger charge is 2.25. The summed E-state index contributed by atoms with van der Waals surface area (Å²) in [5.41, 5.74) is 3.50. The Kier molecular flexibility index (Phi) is 8.29. The third-order valence-electron chi connectivity index (χ3n) is 6.79. The summed E-state index contributed by atoms with van der Waals surface area (Å²) < 4.78 is 12.5. The number of amides is 1. The molecule has 0 saturated carbocycles. The van der Waals surface area contributed by atoms with Gasteiger partial charge < -0.3 is 14.1 Å². The van der Waals surface area contributed by atoms with E-state index in [1.807, 2.05) is 89.8 Å². The Morgan fingerprint density at radius 1 is 0.949 bits per heavy atom. The molecule has 0 bridgehead atoms. The summed E-state index contributed by atoms with van der Waals surface area (Å²) in [6.45, 7) is 3.06. The molecule has 5 rings (SSSR count). The molecule has 1 amide bonds. The zero-order valence-corrected chi connectivity index (χ0v) is 23.4. The third-order valence-corrected chi connectivity index (χ3v) is 7.61. The second-order valence-corrected chi connectivity index (χ2v) is 10.3. The molecule has 0 aliphatic carbocycles. The lowest BCUT2D eigenvalue weighted by molar-refractivity contribution is 0.0729. The molecule has 0 unspecified atom stereocenters. The largest absolute Gasteiger partial charge is 0.478 e. The molecule has 0 N–H and O–H groups in total. The summed E-state index contributed by atoms with van der Waals surface area (Å²) >= 11 is 3.62. The van der Waals surface area contributed by atoms with Gasteiger partial charge >= 0.3 is 0 Å². The van der Waals surface area contributed by atoms with Crippen LogP contribution < -0.4 is 4.74 Å². The van der Waals surface area contributed by atoms with E-state index in [0.29, 0.717) is 24.4 Å². The second-order valence-electron chi connectivity index (χ2n) is 9.53. The molecule has 0 saturated heterocycles. The third kappa shape index (κ3) is 5.84. The van der Waals surface area contributed by atoms with Crippen molar-refractivity contribution in [3.05, 3.63) is 112 Å². The van der Waals surface area contributed by atoms with E-state index in [0.717, 1.165) is 62.4 Å². The van der Waals surface area contributed by atoms with Gasteiger partial charge in [0, 0.05) is 24.9 Å². The number of halogens is 1. The van der Waals surface area contributed by atoms with Gasteiger partial charge in [-0.2, -0.15) is 5.26 Å². The van der Waals surface area contributed by atoms with Crippen molar-refractivity contribution >= 4 is 43.6 Å². The van der Waals surface area contributed by atoms with Gasteiger partial charge in [0.25, 0.3) is 5.91 Å². The van der Waals surface area contributed by atoms with Gasteiger partial charge in [0.1, 0.15) is 23.2 Å². The number of carbonyl (C=O) groups is 1. The Hall–Kier alpha value is -4.08. The fourth-order valence-electron chi connectivity index (χ4n) is 4.87. The minimum Gasteiger partial charge on any atom is -0.478 e. The zero-order valence-electron chi connectivity index (χ0n) is 21.8. The van der Waals surface area contributed by atoms with E-state index in [9.17, 15) is 4.79 Å². The van der Waals surface area contributed by atoms with Crippen molar-refractivity contribution in [2.24, 2.45) is 0 Å². The molecule has 0 aliphatic rings. The quantitative estimate of drug-likeness (QED) is 0.166. The number of nitrogens with zero attached hydrogens (tertiary/aromatic N) is 2. The van der Waals surface area contributed by atoms with Crippen LogP contribution in [0.25, 0.3) is 21.7 Å². The smallest absolute Gasteiger partial charge is 0.258 e. The van der Waals surface area contributed by atoms with Crippen LogP contribution in [0.3, 0.4) is 0 Å². The number of benzene rings is 4. The summed E-state index contributed by atoms with van der Waals surface area (Å²) in [5.74, 6) is 1.36. The summed E-state index contributed by atoms with van der Waals surface area (Å²) in [6, 6.07) is 29.9. The summed E-state index contributed by atoms with van der Waals surface area (Å²) in [5, 5.41) is 11.7. The SMILES string of the molecule is CCCCc1oc2ccccc2c1C(=O)N(Cc1ccccc1)Cc1ccc2c(Br)c(OCC#N)ccc2c1. The summed E-state index contributed by atoms with van der Waals surface area (Å²) in [4.78, 5) is 16.2. The predicted molar refractivity (Wildman–Crippen MR) is 158 cm³/mol. The number of unbranched alkanes of at least 4 members (excludes halogenated alkanes) is 1. The molecule has 0 aliphatic heterocycles. The molecule has 196 valence electrons. The number of fused-ring (bicyclic) bond motifs is 2. The molecule has 4 aromatic carbocycles. The number of ether oxygens (including phenoxy) is 1. The van der Waals surface area contributed by atoms with Crippen LogP contribution >= 0.6 is 15.9 Å². The monoisotopic (exact) mass is 580 g/mol. The fourth-order valence-corrected chi connectivity index (χ4v) is 5.47. The first kappa shape index (κ1) is 26.5. The van der Waals surface area contributed by atoms with E-state index in [1.165, 1.54) is 0 Å². The average Bonchev–Trinajstić information content (AvgIpc) is 3.34. The maximum Gasteiger partial charge on any atom is 0.258 e. The van der Waals surface area contributed by atoms with Crippen LogP contribution in [-0.2, 0) is 19.5 Å². The Bertz CT molecular complexity index is 1650. The number of hydrogen-bond donors (Lipinski definition) is 0. The predicted octanol–water partition coefficient (Wildman–Crippen LogP) is 8.44. The van der Waals surface area contributed by atoms with Crippen molar-refractivity contribution in [1.29, 1.82) is 5.26 Å². The lowest BCUT2D eigenvalue weighted by atomic mass is 10.0. The standard InChI is InChI=1S/C33H29BrN2O3/c1-2-3-12-29-31(27-11-7-8-13-28(27)39-29)33(37)36(21-23-9-5-4-6-10-23)22-24-14-16-26-25(20-24)15-17-30(32(26)34)38-19-18-35/h4-11,13-17,20H,2-3,12,19,21-22H2,1H3. The van der Waals surface area contributed by atoms with Crippen LogP contribution in [0, 0.1) is 11.3 Å². The Morgan fingerprint density at radius 3 is 2.51 bits per heavy atom. The molecule has 0 spiro atoms. The number of carbonyl (C=O) groups excluding carboxylic acids is 1. The molecular formula is C33H29BrN2O3. The Balaban J connectivity index is 1.52. The highest BCUT2D eigenvalue weighted by Crippen LogP contribution is 2.34. The second kappa shape index (κ2) is 12.2. The lowest BCUT2D eigenvalue weighted by Crippen LogP contribution is -2.30. The van der Waals surface area contributed by atoms with Crippen LogP contribution in [0.15, 0.2) is 93.8 Å². The van der Waals surface area contributed by atoms with Crippen LogP contribution in [0.2, 0.25) is 0 Å². The van der Waals surface area contributed by atoms with Gasteiger partial charge in [0.05, 0.1) is 10.0 Å². The number of nitriles is 1. The van der Waals surface area contributed by atoms with Crippen molar-refractivity contribution in [1.82, 2.24) is 4.90 Å². The van der Waals surface area contributed by atoms with Gasteiger partial charge in [0.2, 0.25) is 0 Å². The van der Waals surface area contributed by atoms with Crippen molar-refractivity contribution < 1.29 is 13.9 Å². The summed E-state index contributed by atoms with van der Waals surface area (Å²) in [7, 11) is 0. The van der Waals surface area contributed by atoms with Gasteiger partial charge in [-0.05, 0) is 62.4 Å². The number of hydrogen-bond acceptors (Lipinski definition) is 4. The molecule has 1 aromatic heterocycles. The average molecular weight is 582 g/mol. The van der Waals surface area contributed by atoms with Gasteiger partial charge in [-0.25, -0.2) is 0 Å². The molecule has 6 heteroatoms. The van der Waals surface area contributed by atoms with Crippen LogP contribution in [-0.4, -0.2) is 17.4 Å². The number of para-hydroxylation sites is 1. The van der Waals surface area contributed by atoms with E-state index < -0.39 is 0 Å². The molecule has 5 aromatic rings. The van der Waals surface area contributed by atoms with Crippen molar-refractivity contribution in [2.45, 2.75) is 39.3 Å². The van der Waals surface area contributed by atoms with Crippen LogP contribution in [0.1, 0.15) is 47.0 Å². The molecule has 0 radical (unpaired) electrons. The van der Waals surface area contributed by atoms with Crippen LogP contribution in [0.4, 0.5) is 0 Å². The normalized spacial score (nSPS) is 11.0. The lowest BCUT2D eigenvalue weighted by Gasteiger charge is -2.24. The highest BCUT2D eigenvalue weighted by molar-refractivity contribution is 9.10. The van der Waals surface area contributed by atoms with E-state index in [2.05, 4.69) is 28.9 Å². The highest BCUT2D eigenvalue weighted by atomic mass is 79.9. The van der Waals surface area contributed by atoms with E-state index in [1.54, 1.807) is 0 Å². The topological polar surface area (TPSA) is 66.5 Å². The molecule has 0 atom stereocenters. The van der Waals surface area contributed by atoms with Crippen molar-refractivity contribution in [3.63, 3.8) is 0 Å². The minimum absolute atomic E-state index is 0.0122. The van der Waals surface area contributed by atoms with Crippen LogP contribution in [0.5, 0.6) is 5.75 Å². The first-order valence-corrected chi connectivity index (χ1v) is 13.9. The Labute approximate surface area is 236 Å². The molecule has 39 heavy (non-hydrogen) atoms. The number of furan rings is 1. The number of rotatable bonds is 10. The first-order valence-electron chi connectivity index (χ1n) is 13.1. The minimum atomic E-state index is -0.0311. The van der Waals surface area contributed by atoms with E-state index >= 15 is 0 Å². The maximum absolute atomic E-state index is 14.3. The zero-order chi connectivity index (χ0) is 27.2. The van der Waals surface area contributed by atoms with E-state index in [-0.39, 0.29) is 12.5 Å². The van der Waals surface area contributed by atoms with Gasteiger partial charge in [0.15, 0.2) is 6.61 Å². The molecule has 5 nitrogen and oxygen atoms in total. The van der Waals surface area contributed by atoms with E-state index in [4.69, 9.17) is 14.4 Å². The van der Waals surface area contributed by atoms with Gasteiger partial charge in [-0.3, -0.25) is 4.79 Å². The number of aryl methyl sites for hydroxylation is 1. The molecule has 1 heterocycles. The fraction of sp³-hybridized carbons (Fsp3) is 0.212. The van der Waals surface area contributed by atoms with Gasteiger partial charge in [-0.1, -0.05) is 80.1 Å². The molecule has 0 fully saturated rings. The maximum atomic E-state index is 14.3. The summed E-state index contributed by atoms with van der Waals surface area (Å²) in [6.07, 6.45) is 2.71. The van der Waals surface area contributed by atoms with Crippen molar-refractivity contribution in [2.75, 3.05) is 6.61 Å². The van der Waals surface area contributed by atoms with Gasteiger partial charge in [-0.15, -0.1) is 0 Å². The van der Waals surface area contributed by atoms with Crippen molar-refractivity contribution in [3.8, 4) is 11.8 Å².